The first kappa shape index (κ1) is 22.7. The van der Waals surface area contributed by atoms with Crippen molar-refractivity contribution in [3.8, 4) is 5.75 Å². The largest absolute Gasteiger partial charge is 0.494 e. The van der Waals surface area contributed by atoms with Crippen molar-refractivity contribution in [3.05, 3.63) is 76.7 Å². The summed E-state index contributed by atoms with van der Waals surface area (Å²) in [5.74, 6) is 1.63. The highest BCUT2D eigenvalue weighted by atomic mass is 32.2. The molecule has 0 saturated heterocycles. The van der Waals surface area contributed by atoms with Gasteiger partial charge in [-0.2, -0.15) is 4.98 Å². The molecule has 0 fully saturated rings. The Hall–Kier alpha value is -3.13. The Morgan fingerprint density at radius 1 is 1.21 bits per heavy atom. The van der Waals surface area contributed by atoms with Crippen LogP contribution >= 0.6 is 11.8 Å². The molecule has 1 atom stereocenters. The fourth-order valence-electron chi connectivity index (χ4n) is 4.66. The van der Waals surface area contributed by atoms with Crippen LogP contribution in [0.1, 0.15) is 50.8 Å². The van der Waals surface area contributed by atoms with E-state index in [4.69, 9.17) is 14.8 Å². The number of hydrogen-bond donors (Lipinski definition) is 1. The van der Waals surface area contributed by atoms with Gasteiger partial charge in [-0.25, -0.2) is 9.07 Å². The zero-order valence-corrected chi connectivity index (χ0v) is 20.3. The molecule has 1 unspecified atom stereocenters. The van der Waals surface area contributed by atoms with E-state index in [2.05, 4.69) is 19.2 Å². The fourth-order valence-corrected chi connectivity index (χ4v) is 5.47. The molecule has 1 aromatic heterocycles. The molecule has 0 saturated carbocycles. The average molecular weight is 479 g/mol. The first-order chi connectivity index (χ1) is 16.3. The molecule has 6 nitrogen and oxygen atoms in total. The first-order valence-corrected chi connectivity index (χ1v) is 12.4. The van der Waals surface area contributed by atoms with E-state index in [1.807, 2.05) is 37.3 Å². The van der Waals surface area contributed by atoms with E-state index >= 15 is 0 Å². The summed E-state index contributed by atoms with van der Waals surface area (Å²) in [4.78, 5) is 18.1. The highest BCUT2D eigenvalue weighted by Gasteiger charge is 2.42. The third kappa shape index (κ3) is 4.34. The van der Waals surface area contributed by atoms with Crippen LogP contribution in [0, 0.1) is 11.2 Å². The van der Waals surface area contributed by atoms with Gasteiger partial charge in [0.25, 0.3) is 0 Å². The maximum atomic E-state index is 14.1. The molecule has 8 heteroatoms. The van der Waals surface area contributed by atoms with E-state index in [1.165, 1.54) is 17.8 Å². The van der Waals surface area contributed by atoms with Gasteiger partial charge in [0.15, 0.2) is 5.78 Å². The van der Waals surface area contributed by atoms with Crippen LogP contribution in [0.3, 0.4) is 0 Å². The molecule has 5 rings (SSSR count). The quantitative estimate of drug-likeness (QED) is 0.454. The van der Waals surface area contributed by atoms with Crippen molar-refractivity contribution in [1.29, 1.82) is 0 Å². The Balaban J connectivity index is 1.54. The predicted molar refractivity (Wildman–Crippen MR) is 130 cm³/mol. The molecule has 1 N–H and O–H groups in total. The van der Waals surface area contributed by atoms with Gasteiger partial charge in [-0.1, -0.05) is 55.9 Å². The Kier molecular flexibility index (Phi) is 5.93. The van der Waals surface area contributed by atoms with Crippen molar-refractivity contribution in [1.82, 2.24) is 14.8 Å². The highest BCUT2D eigenvalue weighted by molar-refractivity contribution is 7.98. The van der Waals surface area contributed by atoms with Gasteiger partial charge in [-0.3, -0.25) is 4.79 Å². The van der Waals surface area contributed by atoms with Crippen molar-refractivity contribution in [2.24, 2.45) is 5.41 Å². The molecule has 0 spiro atoms. The molecule has 2 aromatic carbocycles. The number of fused-ring (bicyclic) bond motifs is 1. The third-order valence-corrected chi connectivity index (χ3v) is 7.00. The lowest BCUT2D eigenvalue weighted by molar-refractivity contribution is -0.118. The second-order valence-corrected chi connectivity index (χ2v) is 10.4. The SMILES string of the molecule is CCOc1cccc(C2C3=C(CC(C)(C)CC3=O)Nc3nc(SCc4ccccc4F)nn32)c1. The van der Waals surface area contributed by atoms with Crippen LogP contribution in [-0.2, 0) is 10.5 Å². The number of nitrogens with one attached hydrogen (secondary N) is 1. The summed E-state index contributed by atoms with van der Waals surface area (Å²) in [7, 11) is 0. The summed E-state index contributed by atoms with van der Waals surface area (Å²) in [6.07, 6.45) is 1.23. The lowest BCUT2D eigenvalue weighted by atomic mass is 9.73. The molecule has 34 heavy (non-hydrogen) atoms. The minimum Gasteiger partial charge on any atom is -0.494 e. The number of aromatic nitrogens is 3. The standard InChI is InChI=1S/C26H27FN4O2S/c1-4-33-18-10-7-9-16(12-18)23-22-20(13-26(2,3)14-21(22)32)28-24-29-25(30-31(23)24)34-15-17-8-5-6-11-19(17)27/h5-12,23H,4,13-15H2,1-3H3,(H,28,29,30). The zero-order chi connectivity index (χ0) is 23.9. The van der Waals surface area contributed by atoms with Gasteiger partial charge in [0.1, 0.15) is 17.6 Å². The van der Waals surface area contributed by atoms with Gasteiger partial charge in [0.2, 0.25) is 11.1 Å². The highest BCUT2D eigenvalue weighted by Crippen LogP contribution is 2.46. The maximum absolute atomic E-state index is 14.1. The summed E-state index contributed by atoms with van der Waals surface area (Å²) in [5, 5.41) is 8.66. The number of ether oxygens (including phenoxy) is 1. The number of Topliss-reactive ketones (excluding diaryl/α,β-unsaturated/α-hetero) is 1. The molecule has 3 aromatic rings. The van der Waals surface area contributed by atoms with Crippen LogP contribution in [0.2, 0.25) is 0 Å². The molecule has 0 bridgehead atoms. The number of hydrogen-bond acceptors (Lipinski definition) is 6. The average Bonchev–Trinajstić information content (AvgIpc) is 3.19. The lowest BCUT2D eigenvalue weighted by Crippen LogP contribution is -2.36. The Bertz CT molecular complexity index is 1280. The number of nitrogens with zero attached hydrogens (tertiary/aromatic N) is 3. The minimum absolute atomic E-state index is 0.118. The summed E-state index contributed by atoms with van der Waals surface area (Å²) in [6, 6.07) is 14.1. The van der Waals surface area contributed by atoms with Gasteiger partial charge in [0, 0.05) is 23.4 Å². The number of ketones is 1. The zero-order valence-electron chi connectivity index (χ0n) is 19.5. The van der Waals surface area contributed by atoms with E-state index in [9.17, 15) is 9.18 Å². The van der Waals surface area contributed by atoms with Crippen molar-refractivity contribution < 1.29 is 13.9 Å². The predicted octanol–water partition coefficient (Wildman–Crippen LogP) is 5.77. The Morgan fingerprint density at radius 2 is 2.03 bits per heavy atom. The fraction of sp³-hybridized carbons (Fsp3) is 0.346. The lowest BCUT2D eigenvalue weighted by Gasteiger charge is -2.38. The monoisotopic (exact) mass is 478 g/mol. The molecule has 1 aliphatic carbocycles. The summed E-state index contributed by atoms with van der Waals surface area (Å²) in [6.45, 7) is 6.72. The second-order valence-electron chi connectivity index (χ2n) is 9.41. The number of anilines is 1. The molecular formula is C26H27FN4O2S. The number of benzene rings is 2. The molecule has 2 heterocycles. The van der Waals surface area contributed by atoms with Crippen LogP contribution in [0.15, 0.2) is 65.0 Å². The Labute approximate surface area is 202 Å². The van der Waals surface area contributed by atoms with Crippen LogP contribution in [-0.4, -0.2) is 27.2 Å². The summed E-state index contributed by atoms with van der Waals surface area (Å²) in [5.41, 5.74) is 3.02. The summed E-state index contributed by atoms with van der Waals surface area (Å²) >= 11 is 1.37. The molecule has 0 amide bonds. The first-order valence-electron chi connectivity index (χ1n) is 11.4. The number of allylic oxidation sites excluding steroid dienone is 2. The van der Waals surface area contributed by atoms with Crippen molar-refractivity contribution in [2.45, 2.75) is 50.6 Å². The third-order valence-electron chi connectivity index (χ3n) is 6.11. The van der Waals surface area contributed by atoms with E-state index in [-0.39, 0.29) is 17.0 Å². The van der Waals surface area contributed by atoms with E-state index in [0.717, 1.165) is 29.0 Å². The van der Waals surface area contributed by atoms with Crippen molar-refractivity contribution in [2.75, 3.05) is 11.9 Å². The van der Waals surface area contributed by atoms with Crippen molar-refractivity contribution in [3.63, 3.8) is 0 Å². The van der Waals surface area contributed by atoms with Gasteiger partial charge < -0.3 is 10.1 Å². The van der Waals surface area contributed by atoms with Gasteiger partial charge in [0.05, 0.1) is 6.61 Å². The van der Waals surface area contributed by atoms with E-state index < -0.39 is 6.04 Å². The molecule has 2 aliphatic rings. The normalized spacial score (nSPS) is 18.8. The Morgan fingerprint density at radius 3 is 2.82 bits per heavy atom. The van der Waals surface area contributed by atoms with Crippen LogP contribution in [0.4, 0.5) is 10.3 Å². The number of thioether (sulfide) groups is 1. The number of carbonyl (C=O) groups excluding carboxylic acids is 1. The minimum atomic E-state index is -0.398. The molecule has 0 radical (unpaired) electrons. The van der Waals surface area contributed by atoms with E-state index in [0.29, 0.717) is 35.4 Å². The van der Waals surface area contributed by atoms with Crippen LogP contribution in [0.25, 0.3) is 0 Å². The van der Waals surface area contributed by atoms with Crippen LogP contribution in [0.5, 0.6) is 5.75 Å². The second kappa shape index (κ2) is 8.91. The number of halogens is 1. The van der Waals surface area contributed by atoms with Gasteiger partial charge >= 0.3 is 0 Å². The number of rotatable bonds is 6. The summed E-state index contributed by atoms with van der Waals surface area (Å²) < 4.78 is 21.6. The molecular weight excluding hydrogens is 451 g/mol. The smallest absolute Gasteiger partial charge is 0.227 e. The van der Waals surface area contributed by atoms with Crippen molar-refractivity contribution >= 4 is 23.5 Å². The topological polar surface area (TPSA) is 69.0 Å². The number of carbonyl (C=O) groups is 1. The molecule has 1 aliphatic heterocycles. The van der Waals surface area contributed by atoms with E-state index in [1.54, 1.807) is 16.8 Å². The van der Waals surface area contributed by atoms with Gasteiger partial charge in [-0.15, -0.1) is 5.10 Å². The molecule has 176 valence electrons. The maximum Gasteiger partial charge on any atom is 0.227 e. The van der Waals surface area contributed by atoms with Gasteiger partial charge in [-0.05, 0) is 48.1 Å². The van der Waals surface area contributed by atoms with Crippen LogP contribution < -0.4 is 10.1 Å².